The average molecular weight is 276 g/mol. The van der Waals surface area contributed by atoms with Crippen molar-refractivity contribution in [2.24, 2.45) is 0 Å². The minimum Gasteiger partial charge on any atom is -0.480 e. The molecule has 1 aromatic rings. The molecular formula is C11H11F3N2O3. The highest BCUT2D eigenvalue weighted by Gasteiger charge is 2.45. The lowest BCUT2D eigenvalue weighted by molar-refractivity contribution is -0.190. The first-order valence-corrected chi connectivity index (χ1v) is 5.24. The molecule has 1 rings (SSSR count). The van der Waals surface area contributed by atoms with E-state index in [1.165, 1.54) is 18.3 Å². The number of hydrogen-bond donors (Lipinski definition) is 1. The SMILES string of the molecule is CC(C(=O)O)N(Cc1ccccn1)C(=O)C(F)(F)F. The minimum atomic E-state index is -5.13. The third-order valence-corrected chi connectivity index (χ3v) is 2.39. The summed E-state index contributed by atoms with van der Waals surface area (Å²) in [5.41, 5.74) is 0.174. The maximum Gasteiger partial charge on any atom is 0.471 e. The van der Waals surface area contributed by atoms with Gasteiger partial charge in [0, 0.05) is 6.20 Å². The number of carbonyl (C=O) groups is 2. The molecule has 19 heavy (non-hydrogen) atoms. The van der Waals surface area contributed by atoms with Gasteiger partial charge in [0.15, 0.2) is 0 Å². The van der Waals surface area contributed by atoms with E-state index >= 15 is 0 Å². The number of carboxylic acid groups (broad SMARTS) is 1. The molecule has 0 radical (unpaired) electrons. The molecule has 0 aliphatic carbocycles. The van der Waals surface area contributed by atoms with Crippen LogP contribution >= 0.6 is 0 Å². The highest BCUT2D eigenvalue weighted by molar-refractivity contribution is 5.86. The molecule has 0 saturated carbocycles. The summed E-state index contributed by atoms with van der Waals surface area (Å²) >= 11 is 0. The molecule has 0 aliphatic rings. The minimum absolute atomic E-state index is 0.174. The number of pyridine rings is 1. The summed E-state index contributed by atoms with van der Waals surface area (Å²) in [7, 11) is 0. The van der Waals surface area contributed by atoms with Crippen LogP contribution in [0.15, 0.2) is 24.4 Å². The predicted molar refractivity (Wildman–Crippen MR) is 57.9 cm³/mol. The van der Waals surface area contributed by atoms with Crippen LogP contribution in [0.3, 0.4) is 0 Å². The van der Waals surface area contributed by atoms with Gasteiger partial charge in [-0.1, -0.05) is 6.07 Å². The molecule has 1 atom stereocenters. The summed E-state index contributed by atoms with van der Waals surface area (Å²) < 4.78 is 37.3. The largest absolute Gasteiger partial charge is 0.480 e. The molecule has 1 N–H and O–H groups in total. The zero-order valence-electron chi connectivity index (χ0n) is 9.89. The molecule has 8 heteroatoms. The number of aliphatic carboxylic acids is 1. The van der Waals surface area contributed by atoms with E-state index in [-0.39, 0.29) is 10.6 Å². The molecule has 1 heterocycles. The normalized spacial score (nSPS) is 12.8. The van der Waals surface area contributed by atoms with Crippen LogP contribution in [0.5, 0.6) is 0 Å². The number of aromatic nitrogens is 1. The van der Waals surface area contributed by atoms with Crippen LogP contribution in [0.25, 0.3) is 0 Å². The Labute approximate surface area is 106 Å². The van der Waals surface area contributed by atoms with Crippen LogP contribution in [0.1, 0.15) is 12.6 Å². The smallest absolute Gasteiger partial charge is 0.471 e. The van der Waals surface area contributed by atoms with Gasteiger partial charge >= 0.3 is 18.1 Å². The molecular weight excluding hydrogens is 265 g/mol. The van der Waals surface area contributed by atoms with Crippen LogP contribution in [-0.2, 0) is 16.1 Å². The highest BCUT2D eigenvalue weighted by Crippen LogP contribution is 2.21. The van der Waals surface area contributed by atoms with Gasteiger partial charge in [-0.05, 0) is 19.1 Å². The Bertz CT molecular complexity index is 462. The van der Waals surface area contributed by atoms with E-state index in [1.54, 1.807) is 6.07 Å². The quantitative estimate of drug-likeness (QED) is 0.903. The maximum atomic E-state index is 12.4. The number of rotatable bonds is 4. The van der Waals surface area contributed by atoms with Crippen LogP contribution in [-0.4, -0.2) is 39.1 Å². The van der Waals surface area contributed by atoms with E-state index in [1.807, 2.05) is 0 Å². The molecule has 0 saturated heterocycles. The second kappa shape index (κ2) is 5.68. The zero-order valence-corrected chi connectivity index (χ0v) is 9.89. The Morgan fingerprint density at radius 1 is 1.42 bits per heavy atom. The standard InChI is InChI=1S/C11H11F3N2O3/c1-7(9(17)18)16(10(19)11(12,13)14)6-8-4-2-3-5-15-8/h2-5,7H,6H2,1H3,(H,17,18). The molecule has 1 amide bonds. The summed E-state index contributed by atoms with van der Waals surface area (Å²) in [5, 5.41) is 8.76. The van der Waals surface area contributed by atoms with Crippen molar-refractivity contribution in [1.29, 1.82) is 0 Å². The maximum absolute atomic E-state index is 12.4. The van der Waals surface area contributed by atoms with E-state index in [0.29, 0.717) is 0 Å². The molecule has 0 fully saturated rings. The van der Waals surface area contributed by atoms with Crippen LogP contribution < -0.4 is 0 Å². The van der Waals surface area contributed by atoms with Gasteiger partial charge in [0.25, 0.3) is 0 Å². The van der Waals surface area contributed by atoms with Crippen molar-refractivity contribution in [3.8, 4) is 0 Å². The van der Waals surface area contributed by atoms with Crippen molar-refractivity contribution in [2.75, 3.05) is 0 Å². The molecule has 0 spiro atoms. The first kappa shape index (κ1) is 14.9. The molecule has 0 aromatic carbocycles. The molecule has 0 aliphatic heterocycles. The van der Waals surface area contributed by atoms with Gasteiger partial charge in [0.2, 0.25) is 0 Å². The molecule has 104 valence electrons. The summed E-state index contributed by atoms with van der Waals surface area (Å²) in [4.78, 5) is 26.0. The number of carbonyl (C=O) groups excluding carboxylic acids is 1. The van der Waals surface area contributed by atoms with Gasteiger partial charge in [-0.2, -0.15) is 13.2 Å². The second-order valence-electron chi connectivity index (χ2n) is 3.77. The van der Waals surface area contributed by atoms with Crippen molar-refractivity contribution in [1.82, 2.24) is 9.88 Å². The second-order valence-corrected chi connectivity index (χ2v) is 3.77. The molecule has 1 unspecified atom stereocenters. The fourth-order valence-corrected chi connectivity index (χ4v) is 1.35. The lowest BCUT2D eigenvalue weighted by atomic mass is 10.2. The summed E-state index contributed by atoms with van der Waals surface area (Å²) in [6.45, 7) is 0.488. The van der Waals surface area contributed by atoms with Gasteiger partial charge in [-0.3, -0.25) is 9.78 Å². The van der Waals surface area contributed by atoms with Crippen molar-refractivity contribution in [3.05, 3.63) is 30.1 Å². The first-order chi connectivity index (χ1) is 8.73. The summed E-state index contributed by atoms with van der Waals surface area (Å²) in [6.07, 6.45) is -3.78. The Balaban J connectivity index is 3.00. The summed E-state index contributed by atoms with van der Waals surface area (Å²) in [5.74, 6) is -3.72. The topological polar surface area (TPSA) is 70.5 Å². The molecule has 0 bridgehead atoms. The number of hydrogen-bond acceptors (Lipinski definition) is 3. The first-order valence-electron chi connectivity index (χ1n) is 5.24. The van der Waals surface area contributed by atoms with Crippen molar-refractivity contribution < 1.29 is 27.9 Å². The van der Waals surface area contributed by atoms with Gasteiger partial charge in [0.05, 0.1) is 12.2 Å². The van der Waals surface area contributed by atoms with Gasteiger partial charge < -0.3 is 10.0 Å². The number of carboxylic acids is 1. The lowest BCUT2D eigenvalue weighted by Gasteiger charge is -2.26. The van der Waals surface area contributed by atoms with E-state index in [2.05, 4.69) is 4.98 Å². The van der Waals surface area contributed by atoms with Crippen LogP contribution in [0.2, 0.25) is 0 Å². The highest BCUT2D eigenvalue weighted by atomic mass is 19.4. The van der Waals surface area contributed by atoms with Crippen LogP contribution in [0.4, 0.5) is 13.2 Å². The van der Waals surface area contributed by atoms with E-state index in [4.69, 9.17) is 5.11 Å². The monoisotopic (exact) mass is 276 g/mol. The number of amides is 1. The Morgan fingerprint density at radius 2 is 2.05 bits per heavy atom. The Hall–Kier alpha value is -2.12. The van der Waals surface area contributed by atoms with Crippen molar-refractivity contribution in [3.63, 3.8) is 0 Å². The molecule has 5 nitrogen and oxygen atoms in total. The third-order valence-electron chi connectivity index (χ3n) is 2.39. The Morgan fingerprint density at radius 3 is 2.47 bits per heavy atom. The van der Waals surface area contributed by atoms with Gasteiger partial charge in [-0.15, -0.1) is 0 Å². The third kappa shape index (κ3) is 3.94. The number of halogens is 3. The average Bonchev–Trinajstić information content (AvgIpc) is 2.34. The fourth-order valence-electron chi connectivity index (χ4n) is 1.35. The Kier molecular flexibility index (Phi) is 4.47. The number of nitrogens with zero attached hydrogens (tertiary/aromatic N) is 2. The van der Waals surface area contributed by atoms with E-state index in [0.717, 1.165) is 6.92 Å². The predicted octanol–water partition coefficient (Wildman–Crippen LogP) is 1.45. The zero-order chi connectivity index (χ0) is 14.6. The summed E-state index contributed by atoms with van der Waals surface area (Å²) in [6, 6.07) is 2.89. The fraction of sp³-hybridized carbons (Fsp3) is 0.364. The van der Waals surface area contributed by atoms with Gasteiger partial charge in [0.1, 0.15) is 6.04 Å². The van der Waals surface area contributed by atoms with Crippen molar-refractivity contribution >= 4 is 11.9 Å². The molecule has 1 aromatic heterocycles. The number of alkyl halides is 3. The van der Waals surface area contributed by atoms with Gasteiger partial charge in [-0.25, -0.2) is 4.79 Å². The van der Waals surface area contributed by atoms with Crippen molar-refractivity contribution in [2.45, 2.75) is 25.7 Å². The van der Waals surface area contributed by atoms with E-state index in [9.17, 15) is 22.8 Å². The lowest BCUT2D eigenvalue weighted by Crippen LogP contribution is -2.48. The van der Waals surface area contributed by atoms with Crippen LogP contribution in [0, 0.1) is 0 Å². The van der Waals surface area contributed by atoms with E-state index < -0.39 is 30.6 Å².